The number of hydrogen-bond donors (Lipinski definition) is 2. The summed E-state index contributed by atoms with van der Waals surface area (Å²) < 4.78 is 0. The van der Waals surface area contributed by atoms with E-state index < -0.39 is 11.9 Å². The number of piperidine rings is 1. The van der Waals surface area contributed by atoms with Crippen molar-refractivity contribution in [2.45, 2.75) is 51.5 Å². The molecule has 0 spiro atoms. The summed E-state index contributed by atoms with van der Waals surface area (Å²) in [5, 5.41) is 12.1. The highest BCUT2D eigenvalue weighted by molar-refractivity contribution is 5.89. The minimum atomic E-state index is -0.912. The Morgan fingerprint density at radius 1 is 1.11 bits per heavy atom. The summed E-state index contributed by atoms with van der Waals surface area (Å²) in [6.45, 7) is 7.83. The molecule has 0 saturated carbocycles. The van der Waals surface area contributed by atoms with Crippen LogP contribution in [0.3, 0.4) is 0 Å². The highest BCUT2D eigenvalue weighted by Gasteiger charge is 2.39. The average molecular weight is 387 g/mol. The van der Waals surface area contributed by atoms with Crippen molar-refractivity contribution < 1.29 is 19.5 Å². The number of nitrogens with zero attached hydrogens (tertiary/aromatic N) is 2. The van der Waals surface area contributed by atoms with Crippen LogP contribution in [0.2, 0.25) is 0 Å². The van der Waals surface area contributed by atoms with Crippen molar-refractivity contribution in [1.82, 2.24) is 9.80 Å². The normalized spacial score (nSPS) is 21.1. The largest absolute Gasteiger partial charge is 0.481 e. The second-order valence-electron chi connectivity index (χ2n) is 8.76. The van der Waals surface area contributed by atoms with Crippen LogP contribution < -0.4 is 5.32 Å². The average Bonchev–Trinajstić information content (AvgIpc) is 3.03. The van der Waals surface area contributed by atoms with Crippen LogP contribution >= 0.6 is 0 Å². The van der Waals surface area contributed by atoms with E-state index in [9.17, 15) is 14.4 Å². The monoisotopic (exact) mass is 387 g/mol. The Morgan fingerprint density at radius 2 is 1.71 bits per heavy atom. The lowest BCUT2D eigenvalue weighted by Crippen LogP contribution is -2.48. The summed E-state index contributed by atoms with van der Waals surface area (Å²) in [4.78, 5) is 39.2. The Morgan fingerprint density at radius 3 is 2.21 bits per heavy atom. The minimum absolute atomic E-state index is 0.0203. The van der Waals surface area contributed by atoms with E-state index in [2.05, 4.69) is 26.1 Å². The maximum Gasteiger partial charge on any atom is 0.321 e. The molecule has 0 radical (unpaired) electrons. The number of amides is 3. The van der Waals surface area contributed by atoms with Gasteiger partial charge in [-0.3, -0.25) is 9.59 Å². The molecule has 7 nitrogen and oxygen atoms in total. The molecular weight excluding hydrogens is 358 g/mol. The fourth-order valence-corrected chi connectivity index (χ4v) is 3.89. The summed E-state index contributed by atoms with van der Waals surface area (Å²) >= 11 is 0. The van der Waals surface area contributed by atoms with E-state index >= 15 is 0 Å². The SMILES string of the molecule is CC(C)(C)c1ccc(NC(=O)N2CCC(N3CC(C(=O)O)CC3=O)CC2)cc1. The summed E-state index contributed by atoms with van der Waals surface area (Å²) in [6, 6.07) is 7.77. The molecular formula is C21H29N3O4. The lowest BCUT2D eigenvalue weighted by molar-refractivity contribution is -0.141. The van der Waals surface area contributed by atoms with Gasteiger partial charge in [0.1, 0.15) is 0 Å². The van der Waals surface area contributed by atoms with Gasteiger partial charge >= 0.3 is 12.0 Å². The minimum Gasteiger partial charge on any atom is -0.481 e. The molecule has 1 atom stereocenters. The van der Waals surface area contributed by atoms with Crippen LogP contribution in [0, 0.1) is 5.92 Å². The Balaban J connectivity index is 1.51. The Kier molecular flexibility index (Phi) is 5.63. The van der Waals surface area contributed by atoms with Crippen molar-refractivity contribution in [2.24, 2.45) is 5.92 Å². The molecule has 0 bridgehead atoms. The van der Waals surface area contributed by atoms with Crippen LogP contribution in [0.4, 0.5) is 10.5 Å². The third-order valence-electron chi connectivity index (χ3n) is 5.70. The number of likely N-dealkylation sites (tertiary alicyclic amines) is 2. The zero-order valence-electron chi connectivity index (χ0n) is 16.8. The third-order valence-corrected chi connectivity index (χ3v) is 5.70. The van der Waals surface area contributed by atoms with Crippen LogP contribution in [-0.4, -0.2) is 58.5 Å². The number of carbonyl (C=O) groups is 3. The Hall–Kier alpha value is -2.57. The van der Waals surface area contributed by atoms with Crippen LogP contribution in [0.25, 0.3) is 0 Å². The molecule has 3 amide bonds. The molecule has 2 aliphatic rings. The first-order valence-electron chi connectivity index (χ1n) is 9.84. The van der Waals surface area contributed by atoms with Crippen LogP contribution in [0.1, 0.15) is 45.6 Å². The number of carboxylic acid groups (broad SMARTS) is 1. The molecule has 152 valence electrons. The number of urea groups is 1. The molecule has 2 heterocycles. The van der Waals surface area contributed by atoms with Gasteiger partial charge in [0, 0.05) is 37.8 Å². The predicted molar refractivity (Wildman–Crippen MR) is 106 cm³/mol. The predicted octanol–water partition coefficient (Wildman–Crippen LogP) is 2.91. The highest BCUT2D eigenvalue weighted by Crippen LogP contribution is 2.27. The topological polar surface area (TPSA) is 90.0 Å². The van der Waals surface area contributed by atoms with E-state index in [0.717, 1.165) is 5.69 Å². The molecule has 2 fully saturated rings. The number of hydrogen-bond acceptors (Lipinski definition) is 3. The summed E-state index contributed by atoms with van der Waals surface area (Å²) in [6.07, 6.45) is 1.43. The number of rotatable bonds is 3. The number of anilines is 1. The van der Waals surface area contributed by atoms with Gasteiger partial charge in [-0.1, -0.05) is 32.9 Å². The van der Waals surface area contributed by atoms with E-state index in [1.807, 2.05) is 24.3 Å². The van der Waals surface area contributed by atoms with Crippen molar-refractivity contribution >= 4 is 23.6 Å². The van der Waals surface area contributed by atoms with Crippen molar-refractivity contribution in [3.8, 4) is 0 Å². The van der Waals surface area contributed by atoms with Gasteiger partial charge in [0.05, 0.1) is 5.92 Å². The molecule has 2 N–H and O–H groups in total. The Bertz CT molecular complexity index is 746. The van der Waals surface area contributed by atoms with Gasteiger partial charge < -0.3 is 20.2 Å². The molecule has 0 aromatic heterocycles. The first-order chi connectivity index (χ1) is 13.1. The molecule has 3 rings (SSSR count). The zero-order valence-corrected chi connectivity index (χ0v) is 16.8. The zero-order chi connectivity index (χ0) is 20.5. The second kappa shape index (κ2) is 7.81. The van der Waals surface area contributed by atoms with Gasteiger partial charge in [-0.25, -0.2) is 4.79 Å². The quantitative estimate of drug-likeness (QED) is 0.834. The van der Waals surface area contributed by atoms with Gasteiger partial charge in [-0.2, -0.15) is 0 Å². The fourth-order valence-electron chi connectivity index (χ4n) is 3.89. The first kappa shape index (κ1) is 20.2. The number of nitrogens with one attached hydrogen (secondary N) is 1. The maximum atomic E-state index is 12.5. The molecule has 1 aromatic carbocycles. The lowest BCUT2D eigenvalue weighted by atomic mass is 9.87. The second-order valence-corrected chi connectivity index (χ2v) is 8.76. The fraction of sp³-hybridized carbons (Fsp3) is 0.571. The van der Waals surface area contributed by atoms with E-state index in [-0.39, 0.29) is 36.4 Å². The summed E-state index contributed by atoms with van der Waals surface area (Å²) in [5.41, 5.74) is 2.04. The Labute approximate surface area is 165 Å². The standard InChI is InChI=1S/C21H29N3O4/c1-21(2,3)15-4-6-16(7-5-15)22-20(28)23-10-8-17(9-11-23)24-13-14(19(26)27)12-18(24)25/h4-7,14,17H,8-13H2,1-3H3,(H,22,28)(H,26,27). The summed E-state index contributed by atoms with van der Waals surface area (Å²) in [7, 11) is 0. The van der Waals surface area contributed by atoms with Crippen molar-refractivity contribution in [3.05, 3.63) is 29.8 Å². The first-order valence-corrected chi connectivity index (χ1v) is 9.84. The van der Waals surface area contributed by atoms with Crippen molar-refractivity contribution in [2.75, 3.05) is 25.0 Å². The molecule has 28 heavy (non-hydrogen) atoms. The number of aliphatic carboxylic acids is 1. The summed E-state index contributed by atoms with van der Waals surface area (Å²) in [5.74, 6) is -1.61. The van der Waals surface area contributed by atoms with Gasteiger partial charge in [0.25, 0.3) is 0 Å². The maximum absolute atomic E-state index is 12.5. The van der Waals surface area contributed by atoms with Crippen LogP contribution in [0.15, 0.2) is 24.3 Å². The number of carbonyl (C=O) groups excluding carboxylic acids is 2. The molecule has 1 unspecified atom stereocenters. The van der Waals surface area contributed by atoms with Gasteiger partial charge in [-0.05, 0) is 36.0 Å². The van der Waals surface area contributed by atoms with Gasteiger partial charge in [0.2, 0.25) is 5.91 Å². The van der Waals surface area contributed by atoms with E-state index in [0.29, 0.717) is 25.9 Å². The third kappa shape index (κ3) is 4.46. The van der Waals surface area contributed by atoms with E-state index in [1.165, 1.54) is 5.56 Å². The van der Waals surface area contributed by atoms with Gasteiger partial charge in [-0.15, -0.1) is 0 Å². The number of benzene rings is 1. The van der Waals surface area contributed by atoms with Crippen molar-refractivity contribution in [3.63, 3.8) is 0 Å². The van der Waals surface area contributed by atoms with Gasteiger partial charge in [0.15, 0.2) is 0 Å². The number of carboxylic acids is 1. The molecule has 1 aromatic rings. The molecule has 0 aliphatic carbocycles. The molecule has 7 heteroatoms. The van der Waals surface area contributed by atoms with Crippen LogP contribution in [0.5, 0.6) is 0 Å². The smallest absolute Gasteiger partial charge is 0.321 e. The van der Waals surface area contributed by atoms with E-state index in [1.54, 1.807) is 9.80 Å². The van der Waals surface area contributed by atoms with Crippen LogP contribution in [-0.2, 0) is 15.0 Å². The van der Waals surface area contributed by atoms with E-state index in [4.69, 9.17) is 5.11 Å². The molecule has 2 aliphatic heterocycles. The lowest BCUT2D eigenvalue weighted by Gasteiger charge is -2.36. The van der Waals surface area contributed by atoms with Crippen molar-refractivity contribution in [1.29, 1.82) is 0 Å². The highest BCUT2D eigenvalue weighted by atomic mass is 16.4. The molecule has 2 saturated heterocycles.